The molecule has 0 aliphatic carbocycles. The molecule has 0 radical (unpaired) electrons. The lowest BCUT2D eigenvalue weighted by Crippen LogP contribution is -2.33. The summed E-state index contributed by atoms with van der Waals surface area (Å²) in [6.45, 7) is 5.19. The maximum Gasteiger partial charge on any atom is 0.298 e. The summed E-state index contributed by atoms with van der Waals surface area (Å²) in [5, 5.41) is 14.2. The van der Waals surface area contributed by atoms with E-state index in [0.29, 0.717) is 35.0 Å². The second-order valence-corrected chi connectivity index (χ2v) is 5.88. The van der Waals surface area contributed by atoms with Crippen molar-refractivity contribution in [3.63, 3.8) is 0 Å². The third-order valence-corrected chi connectivity index (χ3v) is 4.75. The largest absolute Gasteiger partial charge is 0.423 e. The minimum atomic E-state index is -0.420. The Kier molecular flexibility index (Phi) is 2.65. The maximum absolute atomic E-state index is 10.8. The number of hydrogen-bond donors (Lipinski definition) is 1. The van der Waals surface area contributed by atoms with Crippen LogP contribution in [0.4, 0.5) is 11.7 Å². The van der Waals surface area contributed by atoms with Crippen molar-refractivity contribution in [3.05, 3.63) is 28.3 Å². The Bertz CT molecular complexity index is 713. The Hall–Kier alpha value is -2.15. The standard InChI is InChI=1S/C14H16N4O3/c1-8-11-6-15-5-9(11)7-17(8)14-16-12-3-2-10(18(19)20)4-13(12)21-14/h2-4,8-9,11,15H,5-7H2,1H3. The van der Waals surface area contributed by atoms with Crippen LogP contribution in [-0.4, -0.2) is 35.6 Å². The summed E-state index contributed by atoms with van der Waals surface area (Å²) in [5.74, 6) is 1.25. The molecule has 1 N–H and O–H groups in total. The third kappa shape index (κ3) is 1.88. The summed E-state index contributed by atoms with van der Waals surface area (Å²) in [5.41, 5.74) is 1.17. The number of non-ortho nitro benzene ring substituents is 1. The molecule has 4 rings (SSSR count). The highest BCUT2D eigenvalue weighted by molar-refractivity contribution is 5.77. The SMILES string of the molecule is CC1C2CNCC2CN1c1nc2ccc([N+](=O)[O-])cc2o1. The first kappa shape index (κ1) is 12.6. The molecule has 2 aliphatic heterocycles. The van der Waals surface area contributed by atoms with Gasteiger partial charge in [-0.25, -0.2) is 0 Å². The lowest BCUT2D eigenvalue weighted by molar-refractivity contribution is -0.384. The van der Waals surface area contributed by atoms with Crippen molar-refractivity contribution < 1.29 is 9.34 Å². The van der Waals surface area contributed by atoms with Gasteiger partial charge in [-0.05, 0) is 24.8 Å². The summed E-state index contributed by atoms with van der Waals surface area (Å²) in [6, 6.07) is 5.49. The smallest absolute Gasteiger partial charge is 0.298 e. The van der Waals surface area contributed by atoms with Gasteiger partial charge in [-0.15, -0.1) is 0 Å². The molecule has 1 aromatic heterocycles. The van der Waals surface area contributed by atoms with Crippen LogP contribution in [0.3, 0.4) is 0 Å². The number of aromatic nitrogens is 1. The number of nitrogens with one attached hydrogen (secondary N) is 1. The number of nitrogens with zero attached hydrogens (tertiary/aromatic N) is 3. The molecular weight excluding hydrogens is 272 g/mol. The van der Waals surface area contributed by atoms with Gasteiger partial charge in [-0.3, -0.25) is 10.1 Å². The van der Waals surface area contributed by atoms with Crippen LogP contribution in [0.25, 0.3) is 11.1 Å². The van der Waals surface area contributed by atoms with Crippen molar-refractivity contribution in [3.8, 4) is 0 Å². The number of fused-ring (bicyclic) bond motifs is 2. The van der Waals surface area contributed by atoms with E-state index in [-0.39, 0.29) is 5.69 Å². The molecule has 2 aliphatic rings. The highest BCUT2D eigenvalue weighted by Gasteiger charge is 2.43. The van der Waals surface area contributed by atoms with Crippen LogP contribution in [0.2, 0.25) is 0 Å². The summed E-state index contributed by atoms with van der Waals surface area (Å²) >= 11 is 0. The third-order valence-electron chi connectivity index (χ3n) is 4.75. The Morgan fingerprint density at radius 3 is 3.10 bits per heavy atom. The molecular formula is C14H16N4O3. The minimum absolute atomic E-state index is 0.0285. The Balaban J connectivity index is 1.69. The molecule has 0 amide bonds. The first-order valence-electron chi connectivity index (χ1n) is 7.16. The van der Waals surface area contributed by atoms with Gasteiger partial charge in [0.05, 0.1) is 11.0 Å². The average molecular weight is 288 g/mol. The van der Waals surface area contributed by atoms with Crippen LogP contribution in [0.15, 0.2) is 22.6 Å². The molecule has 2 fully saturated rings. The lowest BCUT2D eigenvalue weighted by atomic mass is 9.95. The van der Waals surface area contributed by atoms with Crippen molar-refractivity contribution >= 4 is 22.8 Å². The number of oxazole rings is 1. The predicted molar refractivity (Wildman–Crippen MR) is 77.3 cm³/mol. The first-order valence-corrected chi connectivity index (χ1v) is 7.16. The zero-order chi connectivity index (χ0) is 14.6. The topological polar surface area (TPSA) is 84.4 Å². The number of rotatable bonds is 2. The van der Waals surface area contributed by atoms with Crippen LogP contribution >= 0.6 is 0 Å². The molecule has 0 bridgehead atoms. The second-order valence-electron chi connectivity index (χ2n) is 5.88. The van der Waals surface area contributed by atoms with Gasteiger partial charge in [0.1, 0.15) is 5.52 Å². The molecule has 3 unspecified atom stereocenters. The molecule has 21 heavy (non-hydrogen) atoms. The number of nitro benzene ring substituents is 1. The van der Waals surface area contributed by atoms with Crippen molar-refractivity contribution in [2.75, 3.05) is 24.5 Å². The molecule has 0 spiro atoms. The monoisotopic (exact) mass is 288 g/mol. The second kappa shape index (κ2) is 4.42. The first-order chi connectivity index (χ1) is 10.1. The zero-order valence-electron chi connectivity index (χ0n) is 11.7. The van der Waals surface area contributed by atoms with Crippen LogP contribution < -0.4 is 10.2 Å². The molecule has 3 heterocycles. The highest BCUT2D eigenvalue weighted by atomic mass is 16.6. The molecule has 110 valence electrons. The summed E-state index contributed by atoms with van der Waals surface area (Å²) in [7, 11) is 0. The van der Waals surface area contributed by atoms with E-state index in [1.54, 1.807) is 6.07 Å². The number of anilines is 1. The van der Waals surface area contributed by atoms with Crippen LogP contribution in [-0.2, 0) is 0 Å². The molecule has 7 heteroatoms. The Labute approximate surface area is 121 Å². The van der Waals surface area contributed by atoms with Crippen LogP contribution in [0, 0.1) is 22.0 Å². The fraction of sp³-hybridized carbons (Fsp3) is 0.500. The Morgan fingerprint density at radius 2 is 2.33 bits per heavy atom. The van der Waals surface area contributed by atoms with E-state index >= 15 is 0 Å². The van der Waals surface area contributed by atoms with E-state index in [1.165, 1.54) is 12.1 Å². The van der Waals surface area contributed by atoms with Crippen molar-refractivity contribution in [1.29, 1.82) is 0 Å². The van der Waals surface area contributed by atoms with Gasteiger partial charge in [-0.2, -0.15) is 4.98 Å². The van der Waals surface area contributed by atoms with Gasteiger partial charge < -0.3 is 14.6 Å². The maximum atomic E-state index is 10.8. The number of nitro groups is 1. The van der Waals surface area contributed by atoms with Gasteiger partial charge >= 0.3 is 0 Å². The van der Waals surface area contributed by atoms with E-state index in [4.69, 9.17) is 4.42 Å². The van der Waals surface area contributed by atoms with Crippen molar-refractivity contribution in [2.45, 2.75) is 13.0 Å². The van der Waals surface area contributed by atoms with Crippen molar-refractivity contribution in [1.82, 2.24) is 10.3 Å². The predicted octanol–water partition coefficient (Wildman–Crippen LogP) is 1.78. The summed E-state index contributed by atoms with van der Waals surface area (Å²) in [6.07, 6.45) is 0. The molecule has 2 saturated heterocycles. The lowest BCUT2D eigenvalue weighted by Gasteiger charge is -2.22. The highest BCUT2D eigenvalue weighted by Crippen LogP contribution is 2.36. The molecule has 7 nitrogen and oxygen atoms in total. The quantitative estimate of drug-likeness (QED) is 0.670. The van der Waals surface area contributed by atoms with Gasteiger partial charge in [0.2, 0.25) is 0 Å². The molecule has 0 saturated carbocycles. The van der Waals surface area contributed by atoms with Gasteiger partial charge in [-0.1, -0.05) is 0 Å². The van der Waals surface area contributed by atoms with Gasteiger partial charge in [0, 0.05) is 31.7 Å². The van der Waals surface area contributed by atoms with E-state index in [9.17, 15) is 10.1 Å². The summed E-state index contributed by atoms with van der Waals surface area (Å²) in [4.78, 5) is 17.1. The van der Waals surface area contributed by atoms with E-state index < -0.39 is 4.92 Å². The Morgan fingerprint density at radius 1 is 1.48 bits per heavy atom. The van der Waals surface area contributed by atoms with Gasteiger partial charge in [0.25, 0.3) is 11.7 Å². The normalized spacial score (nSPS) is 28.2. The number of benzene rings is 1. The molecule has 3 atom stereocenters. The van der Waals surface area contributed by atoms with E-state index in [1.807, 2.05) is 0 Å². The van der Waals surface area contributed by atoms with Crippen LogP contribution in [0.5, 0.6) is 0 Å². The summed E-state index contributed by atoms with van der Waals surface area (Å²) < 4.78 is 5.77. The van der Waals surface area contributed by atoms with E-state index in [0.717, 1.165) is 19.6 Å². The van der Waals surface area contributed by atoms with E-state index in [2.05, 4.69) is 22.1 Å². The fourth-order valence-electron chi connectivity index (χ4n) is 3.56. The molecule has 1 aromatic carbocycles. The van der Waals surface area contributed by atoms with Gasteiger partial charge in [0.15, 0.2) is 5.58 Å². The zero-order valence-corrected chi connectivity index (χ0v) is 11.7. The minimum Gasteiger partial charge on any atom is -0.423 e. The fourth-order valence-corrected chi connectivity index (χ4v) is 3.56. The number of hydrogen-bond acceptors (Lipinski definition) is 6. The van der Waals surface area contributed by atoms with Crippen molar-refractivity contribution in [2.24, 2.45) is 11.8 Å². The van der Waals surface area contributed by atoms with Crippen LogP contribution in [0.1, 0.15) is 6.92 Å². The molecule has 2 aromatic rings. The average Bonchev–Trinajstić information content (AvgIpc) is 3.13.